The summed E-state index contributed by atoms with van der Waals surface area (Å²) in [6.45, 7) is 3.56. The van der Waals surface area contributed by atoms with Gasteiger partial charge in [0.2, 0.25) is 5.28 Å². The second kappa shape index (κ2) is 6.13. The monoisotopic (exact) mass is 309 g/mol. The van der Waals surface area contributed by atoms with E-state index in [1.54, 1.807) is 4.90 Å². The van der Waals surface area contributed by atoms with Crippen LogP contribution in [0.1, 0.15) is 25.5 Å². The lowest BCUT2D eigenvalue weighted by atomic mass is 10.2. The van der Waals surface area contributed by atoms with Crippen molar-refractivity contribution in [3.8, 4) is 0 Å². The van der Waals surface area contributed by atoms with Crippen LogP contribution in [0.2, 0.25) is 5.28 Å². The van der Waals surface area contributed by atoms with Gasteiger partial charge in [-0.2, -0.15) is 13.2 Å². The number of anilines is 1. The molecule has 1 aliphatic heterocycles. The van der Waals surface area contributed by atoms with Crippen molar-refractivity contribution in [1.29, 1.82) is 0 Å². The maximum atomic E-state index is 12.7. The average Bonchev–Trinajstić information content (AvgIpc) is 2.87. The highest BCUT2D eigenvalue weighted by atomic mass is 35.5. The number of halogens is 4. The highest BCUT2D eigenvalue weighted by Gasteiger charge is 2.34. The lowest BCUT2D eigenvalue weighted by Crippen LogP contribution is -2.33. The highest BCUT2D eigenvalue weighted by molar-refractivity contribution is 6.28. The third-order valence-corrected chi connectivity index (χ3v) is 3.30. The molecule has 1 fully saturated rings. The van der Waals surface area contributed by atoms with E-state index in [2.05, 4.69) is 9.97 Å². The fraction of sp³-hybridized carbons (Fsp3) is 0.667. The van der Waals surface area contributed by atoms with Gasteiger partial charge in [0.25, 0.3) is 0 Å². The van der Waals surface area contributed by atoms with Crippen LogP contribution in [0.5, 0.6) is 0 Å². The molecule has 0 aliphatic carbocycles. The predicted octanol–water partition coefficient (Wildman–Crippen LogP) is 3.15. The van der Waals surface area contributed by atoms with Gasteiger partial charge in [0, 0.05) is 25.8 Å². The van der Waals surface area contributed by atoms with E-state index in [1.807, 2.05) is 6.92 Å². The largest absolute Gasteiger partial charge is 0.433 e. The van der Waals surface area contributed by atoms with Crippen LogP contribution in [0.25, 0.3) is 0 Å². The van der Waals surface area contributed by atoms with Gasteiger partial charge in [-0.3, -0.25) is 0 Å². The maximum Gasteiger partial charge on any atom is 0.433 e. The number of hydrogen-bond acceptors (Lipinski definition) is 4. The molecule has 20 heavy (non-hydrogen) atoms. The van der Waals surface area contributed by atoms with Crippen molar-refractivity contribution in [3.05, 3.63) is 17.0 Å². The zero-order chi connectivity index (χ0) is 14.8. The van der Waals surface area contributed by atoms with E-state index in [4.69, 9.17) is 16.3 Å². The Morgan fingerprint density at radius 2 is 2.20 bits per heavy atom. The second-order valence-corrected chi connectivity index (χ2v) is 4.89. The minimum Gasteiger partial charge on any atom is -0.376 e. The molecule has 0 saturated carbocycles. The van der Waals surface area contributed by atoms with Crippen molar-refractivity contribution in [3.63, 3.8) is 0 Å². The van der Waals surface area contributed by atoms with E-state index in [-0.39, 0.29) is 11.9 Å². The minimum absolute atomic E-state index is 0.0260. The molecule has 1 aromatic heterocycles. The summed E-state index contributed by atoms with van der Waals surface area (Å²) in [5.41, 5.74) is -1.03. The van der Waals surface area contributed by atoms with Crippen molar-refractivity contribution >= 4 is 17.4 Å². The Bertz CT molecular complexity index is 464. The third kappa shape index (κ3) is 3.73. The summed E-state index contributed by atoms with van der Waals surface area (Å²) in [5.74, 6) is 0.176. The van der Waals surface area contributed by atoms with E-state index >= 15 is 0 Å². The Morgan fingerprint density at radius 3 is 2.75 bits per heavy atom. The Hall–Kier alpha value is -1.08. The number of nitrogens with zero attached hydrogens (tertiary/aromatic N) is 3. The summed E-state index contributed by atoms with van der Waals surface area (Å²) < 4.78 is 43.7. The highest BCUT2D eigenvalue weighted by Crippen LogP contribution is 2.30. The molecule has 1 unspecified atom stereocenters. The molecule has 112 valence electrons. The molecule has 1 aromatic rings. The Balaban J connectivity index is 2.22. The fourth-order valence-electron chi connectivity index (χ4n) is 2.13. The van der Waals surface area contributed by atoms with Gasteiger partial charge in [-0.05, 0) is 31.4 Å². The topological polar surface area (TPSA) is 38.2 Å². The molecule has 1 aliphatic rings. The number of rotatable bonds is 4. The van der Waals surface area contributed by atoms with Crippen molar-refractivity contribution in [2.75, 3.05) is 24.6 Å². The molecule has 1 atom stereocenters. The lowest BCUT2D eigenvalue weighted by Gasteiger charge is -2.25. The molecule has 0 bridgehead atoms. The molecule has 2 rings (SSSR count). The summed E-state index contributed by atoms with van der Waals surface area (Å²) in [4.78, 5) is 8.83. The van der Waals surface area contributed by atoms with Crippen LogP contribution in [0, 0.1) is 0 Å². The molecule has 0 radical (unpaired) electrons. The number of alkyl halides is 3. The first-order valence-electron chi connectivity index (χ1n) is 6.38. The van der Waals surface area contributed by atoms with Gasteiger partial charge in [0.15, 0.2) is 5.69 Å². The maximum absolute atomic E-state index is 12.7. The zero-order valence-electron chi connectivity index (χ0n) is 11.0. The summed E-state index contributed by atoms with van der Waals surface area (Å²) in [6, 6.07) is 0.921. The molecule has 4 nitrogen and oxygen atoms in total. The van der Waals surface area contributed by atoms with Crippen molar-refractivity contribution in [2.45, 2.75) is 32.0 Å². The number of likely N-dealkylation sites (N-methyl/N-ethyl adjacent to an activating group) is 1. The molecule has 0 spiro atoms. The molecule has 8 heteroatoms. The first-order valence-corrected chi connectivity index (χ1v) is 6.76. The van der Waals surface area contributed by atoms with Crippen LogP contribution in [0.3, 0.4) is 0 Å². The van der Waals surface area contributed by atoms with Crippen LogP contribution < -0.4 is 4.90 Å². The van der Waals surface area contributed by atoms with Gasteiger partial charge in [-0.1, -0.05) is 0 Å². The van der Waals surface area contributed by atoms with E-state index in [0.29, 0.717) is 19.7 Å². The van der Waals surface area contributed by atoms with E-state index in [1.165, 1.54) is 0 Å². The van der Waals surface area contributed by atoms with Crippen molar-refractivity contribution < 1.29 is 17.9 Å². The average molecular weight is 310 g/mol. The summed E-state index contributed by atoms with van der Waals surface area (Å²) >= 11 is 5.59. The lowest BCUT2D eigenvalue weighted by molar-refractivity contribution is -0.141. The smallest absolute Gasteiger partial charge is 0.376 e. The number of hydrogen-bond donors (Lipinski definition) is 0. The summed E-state index contributed by atoms with van der Waals surface area (Å²) in [5, 5.41) is -0.402. The quantitative estimate of drug-likeness (QED) is 0.801. The van der Waals surface area contributed by atoms with Crippen molar-refractivity contribution in [1.82, 2.24) is 9.97 Å². The van der Waals surface area contributed by atoms with Crippen LogP contribution in [0.4, 0.5) is 19.0 Å². The third-order valence-electron chi connectivity index (χ3n) is 3.13. The molecule has 2 heterocycles. The first-order chi connectivity index (χ1) is 9.40. The normalized spacial score (nSPS) is 19.4. The minimum atomic E-state index is -4.54. The van der Waals surface area contributed by atoms with Crippen LogP contribution >= 0.6 is 11.6 Å². The van der Waals surface area contributed by atoms with Gasteiger partial charge in [0.05, 0.1) is 6.10 Å². The zero-order valence-corrected chi connectivity index (χ0v) is 11.7. The Kier molecular flexibility index (Phi) is 4.70. The van der Waals surface area contributed by atoms with Gasteiger partial charge in [-0.25, -0.2) is 9.97 Å². The fourth-order valence-corrected chi connectivity index (χ4v) is 2.31. The van der Waals surface area contributed by atoms with E-state index in [0.717, 1.165) is 18.9 Å². The number of ether oxygens (including phenoxy) is 1. The molecule has 0 N–H and O–H groups in total. The van der Waals surface area contributed by atoms with Gasteiger partial charge in [0.1, 0.15) is 5.82 Å². The van der Waals surface area contributed by atoms with Crippen LogP contribution in [-0.2, 0) is 10.9 Å². The summed E-state index contributed by atoms with van der Waals surface area (Å²) in [7, 11) is 0. The molecule has 0 aromatic carbocycles. The van der Waals surface area contributed by atoms with Gasteiger partial charge in [-0.15, -0.1) is 0 Å². The standard InChI is InChI=1S/C12H15ClF3N3O/c1-2-19(7-8-4-3-5-20-8)10-6-9(12(14,15)16)17-11(13)18-10/h6,8H,2-5,7H2,1H3. The van der Waals surface area contributed by atoms with Gasteiger partial charge >= 0.3 is 6.18 Å². The molecular formula is C12H15ClF3N3O. The number of aromatic nitrogens is 2. The predicted molar refractivity (Wildman–Crippen MR) is 68.9 cm³/mol. The molecule has 1 saturated heterocycles. The Morgan fingerprint density at radius 1 is 1.45 bits per heavy atom. The first kappa shape index (κ1) is 15.3. The molecular weight excluding hydrogens is 295 g/mol. The van der Waals surface area contributed by atoms with Crippen molar-refractivity contribution in [2.24, 2.45) is 0 Å². The van der Waals surface area contributed by atoms with Gasteiger partial charge < -0.3 is 9.64 Å². The summed E-state index contributed by atoms with van der Waals surface area (Å²) in [6.07, 6.45) is -2.63. The van der Waals surface area contributed by atoms with E-state index < -0.39 is 17.2 Å². The Labute approximate surface area is 119 Å². The van der Waals surface area contributed by atoms with E-state index in [9.17, 15) is 13.2 Å². The molecule has 0 amide bonds. The van der Waals surface area contributed by atoms with Crippen LogP contribution in [-0.4, -0.2) is 35.8 Å². The SMILES string of the molecule is CCN(CC1CCCO1)c1cc(C(F)(F)F)nc(Cl)n1. The second-order valence-electron chi connectivity index (χ2n) is 4.55. The van der Waals surface area contributed by atoms with Crippen LogP contribution in [0.15, 0.2) is 6.07 Å².